The lowest BCUT2D eigenvalue weighted by molar-refractivity contribution is -0.0453. The monoisotopic (exact) mass is 350 g/mol. The molecule has 0 radical (unpaired) electrons. The Labute approximate surface area is 149 Å². The van der Waals surface area contributed by atoms with Gasteiger partial charge in [-0.2, -0.15) is 0 Å². The topological polar surface area (TPSA) is 59.8 Å². The number of aromatic nitrogens is 2. The second-order valence-electron chi connectivity index (χ2n) is 7.51. The number of methoxy groups -OCH3 is 1. The van der Waals surface area contributed by atoms with Crippen molar-refractivity contribution in [3.63, 3.8) is 0 Å². The summed E-state index contributed by atoms with van der Waals surface area (Å²) in [5.74, 6) is 1.03. The number of amides is 1. The lowest BCUT2D eigenvalue weighted by atomic mass is 9.86. The molecular formula is C18H30N4O3. The number of ether oxygens (including phenoxy) is 2. The fourth-order valence-electron chi connectivity index (χ4n) is 4.10. The number of likely N-dealkylation sites (N-methyl/N-ethyl adjacent to an activating group) is 1. The Kier molecular flexibility index (Phi) is 5.76. The van der Waals surface area contributed by atoms with Crippen LogP contribution in [0.4, 0.5) is 0 Å². The molecule has 7 nitrogen and oxygen atoms in total. The molecule has 0 bridgehead atoms. The lowest BCUT2D eigenvalue weighted by Gasteiger charge is -2.39. The van der Waals surface area contributed by atoms with E-state index in [0.29, 0.717) is 18.3 Å². The second kappa shape index (κ2) is 7.85. The van der Waals surface area contributed by atoms with Gasteiger partial charge in [-0.05, 0) is 32.2 Å². The van der Waals surface area contributed by atoms with E-state index in [9.17, 15) is 4.79 Å². The Bertz CT molecular complexity index is 591. The predicted molar refractivity (Wildman–Crippen MR) is 94.5 cm³/mol. The zero-order valence-electron chi connectivity index (χ0n) is 15.6. The van der Waals surface area contributed by atoms with Gasteiger partial charge in [0.2, 0.25) is 0 Å². The zero-order valence-corrected chi connectivity index (χ0v) is 15.6. The summed E-state index contributed by atoms with van der Waals surface area (Å²) < 4.78 is 13.2. The van der Waals surface area contributed by atoms with Crippen molar-refractivity contribution < 1.29 is 14.3 Å². The smallest absolute Gasteiger partial charge is 0.289 e. The summed E-state index contributed by atoms with van der Waals surface area (Å²) in [5, 5.41) is 0. The summed E-state index contributed by atoms with van der Waals surface area (Å²) in [6.07, 6.45) is 6.53. The molecule has 2 saturated heterocycles. The first kappa shape index (κ1) is 18.4. The summed E-state index contributed by atoms with van der Waals surface area (Å²) in [4.78, 5) is 21.2. The zero-order chi connectivity index (χ0) is 17.9. The molecule has 2 aliphatic rings. The standard InChI is InChI=1S/C18H30N4O3/c1-20(9-10-24-3)12-15-11-18(25-13-15)5-4-7-22(14-18)17(23)16-19-6-8-21(16)2/h6,8,15H,4-5,7,9-14H2,1-3H3/t15-,18-/m0/s1. The van der Waals surface area contributed by atoms with Crippen LogP contribution in [0, 0.1) is 5.92 Å². The van der Waals surface area contributed by atoms with Gasteiger partial charge in [0.1, 0.15) is 0 Å². The van der Waals surface area contributed by atoms with E-state index in [1.54, 1.807) is 17.9 Å². The van der Waals surface area contributed by atoms with E-state index in [1.807, 2.05) is 18.1 Å². The minimum Gasteiger partial charge on any atom is -0.383 e. The molecule has 0 N–H and O–H groups in total. The highest BCUT2D eigenvalue weighted by molar-refractivity contribution is 5.91. The van der Waals surface area contributed by atoms with Crippen molar-refractivity contribution in [2.75, 3.05) is 53.6 Å². The molecule has 0 aliphatic carbocycles. The molecule has 1 aromatic rings. The number of likely N-dealkylation sites (tertiary alicyclic amines) is 1. The Morgan fingerprint density at radius 1 is 1.56 bits per heavy atom. The fourth-order valence-corrected chi connectivity index (χ4v) is 4.10. The first-order valence-electron chi connectivity index (χ1n) is 9.11. The second-order valence-corrected chi connectivity index (χ2v) is 7.51. The number of piperidine rings is 1. The SMILES string of the molecule is COCCN(C)C[C@H]1CO[C@@]2(CCCN(C(=O)c3nccn3C)C2)C1. The maximum absolute atomic E-state index is 12.8. The molecule has 3 rings (SSSR count). The van der Waals surface area contributed by atoms with E-state index in [0.717, 1.165) is 52.1 Å². The Morgan fingerprint density at radius 2 is 2.40 bits per heavy atom. The molecule has 0 aromatic carbocycles. The third-order valence-electron chi connectivity index (χ3n) is 5.37. The number of carbonyl (C=O) groups excluding carboxylic acids is 1. The molecule has 1 spiro atoms. The molecular weight excluding hydrogens is 320 g/mol. The number of hydrogen-bond acceptors (Lipinski definition) is 5. The van der Waals surface area contributed by atoms with Gasteiger partial charge in [-0.3, -0.25) is 4.79 Å². The van der Waals surface area contributed by atoms with Crippen LogP contribution < -0.4 is 0 Å². The lowest BCUT2D eigenvalue weighted by Crippen LogP contribution is -2.50. The molecule has 140 valence electrons. The molecule has 2 fully saturated rings. The van der Waals surface area contributed by atoms with Crippen molar-refractivity contribution in [3.05, 3.63) is 18.2 Å². The largest absolute Gasteiger partial charge is 0.383 e. The van der Waals surface area contributed by atoms with Crippen LogP contribution in [0.2, 0.25) is 0 Å². The minimum absolute atomic E-state index is 0.0100. The summed E-state index contributed by atoms with van der Waals surface area (Å²) in [6.45, 7) is 4.94. The average molecular weight is 350 g/mol. The molecule has 0 saturated carbocycles. The number of nitrogens with zero attached hydrogens (tertiary/aromatic N) is 4. The first-order valence-corrected chi connectivity index (χ1v) is 9.11. The van der Waals surface area contributed by atoms with Crippen LogP contribution in [0.5, 0.6) is 0 Å². The van der Waals surface area contributed by atoms with Crippen LogP contribution in [0.1, 0.15) is 29.9 Å². The number of rotatable bonds is 6. The highest BCUT2D eigenvalue weighted by Gasteiger charge is 2.45. The molecule has 7 heteroatoms. The van der Waals surface area contributed by atoms with Gasteiger partial charge in [0.25, 0.3) is 5.91 Å². The highest BCUT2D eigenvalue weighted by Crippen LogP contribution is 2.38. The number of aryl methyl sites for hydroxylation is 1. The average Bonchev–Trinajstić information content (AvgIpc) is 3.19. The molecule has 2 aliphatic heterocycles. The van der Waals surface area contributed by atoms with Gasteiger partial charge in [0, 0.05) is 46.2 Å². The normalized spacial score (nSPS) is 26.7. The Balaban J connectivity index is 1.58. The van der Waals surface area contributed by atoms with Gasteiger partial charge in [-0.15, -0.1) is 0 Å². The molecule has 1 aromatic heterocycles. The fraction of sp³-hybridized carbons (Fsp3) is 0.778. The van der Waals surface area contributed by atoms with E-state index >= 15 is 0 Å². The van der Waals surface area contributed by atoms with Crippen LogP contribution in [0.25, 0.3) is 0 Å². The maximum Gasteiger partial charge on any atom is 0.289 e. The van der Waals surface area contributed by atoms with Crippen molar-refractivity contribution in [2.45, 2.75) is 24.9 Å². The number of carbonyl (C=O) groups is 1. The maximum atomic E-state index is 12.8. The van der Waals surface area contributed by atoms with Gasteiger partial charge >= 0.3 is 0 Å². The van der Waals surface area contributed by atoms with Crippen molar-refractivity contribution in [1.82, 2.24) is 19.4 Å². The summed E-state index contributed by atoms with van der Waals surface area (Å²) in [7, 11) is 5.72. The number of hydrogen-bond donors (Lipinski definition) is 0. The summed E-state index contributed by atoms with van der Waals surface area (Å²) in [5.41, 5.74) is -0.175. The molecule has 3 heterocycles. The van der Waals surface area contributed by atoms with Crippen molar-refractivity contribution >= 4 is 5.91 Å². The van der Waals surface area contributed by atoms with Crippen LogP contribution in [0.15, 0.2) is 12.4 Å². The van der Waals surface area contributed by atoms with E-state index < -0.39 is 0 Å². The van der Waals surface area contributed by atoms with Crippen molar-refractivity contribution in [3.8, 4) is 0 Å². The molecule has 2 atom stereocenters. The van der Waals surface area contributed by atoms with Crippen LogP contribution >= 0.6 is 0 Å². The molecule has 1 amide bonds. The van der Waals surface area contributed by atoms with E-state index in [4.69, 9.17) is 9.47 Å². The quantitative estimate of drug-likeness (QED) is 0.766. The highest BCUT2D eigenvalue weighted by atomic mass is 16.5. The van der Waals surface area contributed by atoms with E-state index in [-0.39, 0.29) is 11.5 Å². The third-order valence-corrected chi connectivity index (χ3v) is 5.37. The van der Waals surface area contributed by atoms with E-state index in [2.05, 4.69) is 16.9 Å². The molecule has 0 unspecified atom stereocenters. The van der Waals surface area contributed by atoms with Gasteiger partial charge in [0.05, 0.1) is 25.4 Å². The Hall–Kier alpha value is -1.44. The number of imidazole rings is 1. The third kappa shape index (κ3) is 4.22. The van der Waals surface area contributed by atoms with E-state index in [1.165, 1.54) is 0 Å². The summed E-state index contributed by atoms with van der Waals surface area (Å²) in [6, 6.07) is 0. The van der Waals surface area contributed by atoms with Gasteiger partial charge in [-0.1, -0.05) is 0 Å². The minimum atomic E-state index is -0.175. The van der Waals surface area contributed by atoms with Gasteiger partial charge in [-0.25, -0.2) is 4.98 Å². The van der Waals surface area contributed by atoms with Crippen molar-refractivity contribution in [1.29, 1.82) is 0 Å². The van der Waals surface area contributed by atoms with Crippen LogP contribution in [0.3, 0.4) is 0 Å². The van der Waals surface area contributed by atoms with Gasteiger partial charge in [0.15, 0.2) is 5.82 Å². The van der Waals surface area contributed by atoms with Crippen LogP contribution in [-0.2, 0) is 16.5 Å². The van der Waals surface area contributed by atoms with Crippen molar-refractivity contribution in [2.24, 2.45) is 13.0 Å². The Morgan fingerprint density at radius 3 is 3.12 bits per heavy atom. The summed E-state index contributed by atoms with van der Waals surface area (Å²) >= 11 is 0. The first-order chi connectivity index (χ1) is 12.0. The van der Waals surface area contributed by atoms with Crippen LogP contribution in [-0.4, -0.2) is 84.4 Å². The predicted octanol–water partition coefficient (Wildman–Crippen LogP) is 1.01. The van der Waals surface area contributed by atoms with Gasteiger partial charge < -0.3 is 23.8 Å². The molecule has 25 heavy (non-hydrogen) atoms.